The highest BCUT2D eigenvalue weighted by Gasteiger charge is 2.48. The second kappa shape index (κ2) is 23.0. The Balaban J connectivity index is 0.000000217. The average Bonchev–Trinajstić information content (AvgIpc) is 4.22. The Morgan fingerprint density at radius 1 is 0.731 bits per heavy atom. The van der Waals surface area contributed by atoms with Crippen LogP contribution in [0.15, 0.2) is 118 Å². The maximum absolute atomic E-state index is 13.3. The van der Waals surface area contributed by atoms with Gasteiger partial charge < -0.3 is 35.4 Å². The summed E-state index contributed by atoms with van der Waals surface area (Å²) in [4.78, 5) is 52.1. The van der Waals surface area contributed by atoms with Crippen LogP contribution in [0.25, 0.3) is 0 Å². The molecule has 0 bridgehead atoms. The average molecular weight is 1050 g/mol. The zero-order chi connectivity index (χ0) is 49.9. The van der Waals surface area contributed by atoms with Crippen molar-refractivity contribution in [3.8, 4) is 0 Å². The summed E-state index contributed by atoms with van der Waals surface area (Å²) in [5.74, 6) is -0.371. The smallest absolute Gasteiger partial charge is 0.411 e. The quantitative estimate of drug-likeness (QED) is 0.120. The first kappa shape index (κ1) is 51.6. The van der Waals surface area contributed by atoms with Gasteiger partial charge in [0.25, 0.3) is 0 Å². The number of hydrogen-bond acceptors (Lipinski definition) is 7. The molecule has 67 heavy (non-hydrogen) atoms. The van der Waals surface area contributed by atoms with Crippen molar-refractivity contribution in [3.63, 3.8) is 0 Å². The SMILES string of the molecule is C[C@@H](c1ccc(Br)cc1)N1CC[C@](CC(C)(C)N)(c2ccccc2)OC1=O.C[C@@H](c1ccc(Br)cc1)N1CC[C@](CC(C)(C)NC(=O)C2CC2)(c2ccccc2)OC1=O.O=C(O)C1CC1.[2H]CF. The number of nitrogens with one attached hydrogen (secondary N) is 1. The largest absolute Gasteiger partial charge is 0.481 e. The molecule has 4 aromatic carbocycles. The lowest BCUT2D eigenvalue weighted by atomic mass is 9.78. The molecule has 8 rings (SSSR count). The van der Waals surface area contributed by atoms with Gasteiger partial charge in [-0.05, 0) is 114 Å². The van der Waals surface area contributed by atoms with E-state index in [1.165, 1.54) is 0 Å². The van der Waals surface area contributed by atoms with E-state index in [0.717, 1.165) is 56.9 Å². The lowest BCUT2D eigenvalue weighted by Crippen LogP contribution is -2.54. The van der Waals surface area contributed by atoms with Crippen LogP contribution < -0.4 is 11.1 Å². The third kappa shape index (κ3) is 14.9. The molecule has 2 heterocycles. The van der Waals surface area contributed by atoms with Crippen LogP contribution in [0, 0.1) is 11.8 Å². The molecule has 11 nitrogen and oxygen atoms in total. The molecule has 3 amide bonds. The summed E-state index contributed by atoms with van der Waals surface area (Å²) in [6.07, 6.45) is 5.59. The second-order valence-corrected chi connectivity index (χ2v) is 21.2. The van der Waals surface area contributed by atoms with Crippen LogP contribution in [-0.4, -0.2) is 70.3 Å². The molecule has 0 spiro atoms. The minimum absolute atomic E-state index is 0.0185. The number of cyclic esters (lactones) is 2. The number of alkyl halides is 1. The highest BCUT2D eigenvalue weighted by atomic mass is 79.9. The first-order valence-electron chi connectivity index (χ1n) is 23.6. The summed E-state index contributed by atoms with van der Waals surface area (Å²) in [6, 6.07) is 35.8. The zero-order valence-corrected chi connectivity index (χ0v) is 42.7. The molecule has 4 aromatic rings. The standard InChI is InChI=1S/C26H31BrN2O3.C22H27BrN2O2.C4H6O2.CH3F/c1-18(19-11-13-22(27)14-12-19)29-16-15-26(32-24(29)31,21-7-5-4-6-8-21)17-25(2,3)28-23(30)20-9-10-20;1-16(17-9-11-19(23)12-10-17)25-14-13-22(27-20(25)26,15-21(2,3)24)18-7-5-4-6-8-18;5-4(6)3-1-2-3;1-2/h4-8,11-14,18,20H,9-10,15-17H2,1-3H3,(H,28,30);4-12,16H,13-15,24H2,1-3H3;3H,1-2H2,(H,5,6);1H3/t18-,26-;16-,22-;;/m00../s1/i;;;1D. The molecule has 0 unspecified atom stereocenters. The molecular formula is C53H67Br2FN4O7. The number of nitrogens with two attached hydrogens (primary N) is 1. The van der Waals surface area contributed by atoms with Crippen molar-refractivity contribution in [1.29, 1.82) is 0 Å². The van der Waals surface area contributed by atoms with Crippen LogP contribution in [-0.2, 0) is 30.3 Å². The van der Waals surface area contributed by atoms with Gasteiger partial charge in [-0.2, -0.15) is 0 Å². The molecule has 14 heteroatoms. The van der Waals surface area contributed by atoms with Crippen LogP contribution >= 0.6 is 31.9 Å². The van der Waals surface area contributed by atoms with E-state index in [4.69, 9.17) is 21.7 Å². The normalized spacial score (nSPS) is 21.5. The number of rotatable bonds is 13. The van der Waals surface area contributed by atoms with Gasteiger partial charge in [-0.15, -0.1) is 0 Å². The van der Waals surface area contributed by atoms with Crippen LogP contribution in [0.2, 0.25) is 0 Å². The van der Waals surface area contributed by atoms with Crippen molar-refractivity contribution >= 4 is 55.9 Å². The summed E-state index contributed by atoms with van der Waals surface area (Å²) >= 11 is 6.92. The van der Waals surface area contributed by atoms with Gasteiger partial charge in [-0.25, -0.2) is 9.59 Å². The Morgan fingerprint density at radius 3 is 1.42 bits per heavy atom. The van der Waals surface area contributed by atoms with Crippen molar-refractivity contribution in [2.24, 2.45) is 17.6 Å². The Labute approximate surface area is 414 Å². The third-order valence-corrected chi connectivity index (χ3v) is 13.6. The number of benzene rings is 4. The van der Waals surface area contributed by atoms with E-state index in [1.807, 2.05) is 151 Å². The van der Waals surface area contributed by atoms with Gasteiger partial charge in [0, 0.05) is 64.7 Å². The van der Waals surface area contributed by atoms with Gasteiger partial charge in [0.05, 0.1) is 26.5 Å². The van der Waals surface area contributed by atoms with E-state index < -0.39 is 35.4 Å². The molecule has 4 atom stereocenters. The van der Waals surface area contributed by atoms with Gasteiger partial charge in [-0.1, -0.05) is 117 Å². The van der Waals surface area contributed by atoms with Gasteiger partial charge in [0.15, 0.2) is 0 Å². The fraction of sp³-hybridized carbons (Fsp3) is 0.472. The number of carboxylic acids is 1. The molecule has 362 valence electrons. The van der Waals surface area contributed by atoms with Crippen molar-refractivity contribution < 1.29 is 39.5 Å². The molecule has 2 saturated heterocycles. The van der Waals surface area contributed by atoms with Crippen LogP contribution in [0.1, 0.15) is 129 Å². The minimum Gasteiger partial charge on any atom is -0.481 e. The highest BCUT2D eigenvalue weighted by Crippen LogP contribution is 2.44. The van der Waals surface area contributed by atoms with E-state index in [9.17, 15) is 23.6 Å². The highest BCUT2D eigenvalue weighted by molar-refractivity contribution is 9.10. The zero-order valence-electron chi connectivity index (χ0n) is 40.5. The molecule has 4 fully saturated rings. The van der Waals surface area contributed by atoms with Gasteiger partial charge in [0.1, 0.15) is 11.2 Å². The number of carboxylic acid groups (broad SMARTS) is 1. The molecular weight excluding hydrogens is 983 g/mol. The Morgan fingerprint density at radius 2 is 1.10 bits per heavy atom. The summed E-state index contributed by atoms with van der Waals surface area (Å²) in [5.41, 5.74) is 8.03. The molecule has 2 aliphatic carbocycles. The van der Waals surface area contributed by atoms with E-state index in [1.54, 1.807) is 9.80 Å². The third-order valence-electron chi connectivity index (χ3n) is 12.6. The Hall–Kier alpha value is -4.79. The maximum Gasteiger partial charge on any atom is 0.411 e. The molecule has 2 saturated carbocycles. The molecule has 0 radical (unpaired) electrons. The van der Waals surface area contributed by atoms with E-state index >= 15 is 0 Å². The summed E-state index contributed by atoms with van der Waals surface area (Å²) < 4.78 is 29.9. The van der Waals surface area contributed by atoms with Crippen molar-refractivity contribution in [1.82, 2.24) is 15.1 Å². The monoisotopic (exact) mass is 1050 g/mol. The summed E-state index contributed by atoms with van der Waals surface area (Å²) in [6.45, 7) is 13.3. The number of amides is 3. The van der Waals surface area contributed by atoms with E-state index in [-0.39, 0.29) is 42.0 Å². The summed E-state index contributed by atoms with van der Waals surface area (Å²) in [5, 5.41) is 11.2. The fourth-order valence-corrected chi connectivity index (χ4v) is 9.36. The lowest BCUT2D eigenvalue weighted by Gasteiger charge is -2.46. The summed E-state index contributed by atoms with van der Waals surface area (Å²) in [7, 11) is -1.00. The number of carbonyl (C=O) groups is 4. The van der Waals surface area contributed by atoms with Crippen LogP contribution in [0.3, 0.4) is 0 Å². The number of carbonyl (C=O) groups excluding carboxylic acids is 3. The fourth-order valence-electron chi connectivity index (χ4n) is 8.83. The number of halogens is 3. The predicted molar refractivity (Wildman–Crippen MR) is 267 cm³/mol. The van der Waals surface area contributed by atoms with Crippen LogP contribution in [0.5, 0.6) is 0 Å². The molecule has 2 aliphatic heterocycles. The predicted octanol–water partition coefficient (Wildman–Crippen LogP) is 12.4. The Bertz CT molecular complexity index is 2280. The number of hydrogen-bond donors (Lipinski definition) is 3. The van der Waals surface area contributed by atoms with Crippen molar-refractivity contribution in [2.45, 2.75) is 127 Å². The van der Waals surface area contributed by atoms with E-state index in [2.05, 4.69) is 37.2 Å². The second-order valence-electron chi connectivity index (χ2n) is 19.4. The lowest BCUT2D eigenvalue weighted by molar-refractivity contribution is -0.138. The van der Waals surface area contributed by atoms with Crippen molar-refractivity contribution in [3.05, 3.63) is 140 Å². The van der Waals surface area contributed by atoms with Gasteiger partial charge in [-0.3, -0.25) is 14.0 Å². The van der Waals surface area contributed by atoms with Gasteiger partial charge >= 0.3 is 18.2 Å². The van der Waals surface area contributed by atoms with Crippen LogP contribution in [0.4, 0.5) is 14.0 Å². The molecule has 0 aromatic heterocycles. The topological polar surface area (TPSA) is 152 Å². The maximum atomic E-state index is 13.3. The number of ether oxygens (including phenoxy) is 2. The van der Waals surface area contributed by atoms with Gasteiger partial charge in [0.2, 0.25) is 5.91 Å². The first-order chi connectivity index (χ1) is 32.1. The minimum atomic E-state index is -1.00. The molecule has 4 aliphatic rings. The number of nitrogens with zero attached hydrogens (tertiary/aromatic N) is 2. The molecule has 4 N–H and O–H groups in total. The van der Waals surface area contributed by atoms with E-state index in [0.29, 0.717) is 38.8 Å². The Kier molecular flexibility index (Phi) is 17.7. The number of aliphatic carboxylic acids is 1. The van der Waals surface area contributed by atoms with Crippen molar-refractivity contribution in [2.75, 3.05) is 20.2 Å². The first-order valence-corrected chi connectivity index (χ1v) is 24.5.